The van der Waals surface area contributed by atoms with Crippen LogP contribution >= 0.6 is 0 Å². The number of hydrogen-bond donors (Lipinski definition) is 0. The molecule has 0 radical (unpaired) electrons. The topological polar surface area (TPSA) is 18.5 Å². The Balaban J connectivity index is -0.0000000639. The summed E-state index contributed by atoms with van der Waals surface area (Å²) in [6.07, 6.45) is 12.3. The average Bonchev–Trinajstić information content (AvgIpc) is 3.59. The van der Waals surface area contributed by atoms with Gasteiger partial charge in [-0.3, -0.25) is 0 Å². The van der Waals surface area contributed by atoms with Crippen molar-refractivity contribution in [2.75, 3.05) is 26.4 Å². The lowest BCUT2D eigenvalue weighted by atomic mass is 10.2. The van der Waals surface area contributed by atoms with Crippen molar-refractivity contribution in [2.45, 2.75) is 162 Å². The minimum absolute atomic E-state index is 0.833. The Labute approximate surface area is 215 Å². The summed E-state index contributed by atoms with van der Waals surface area (Å²) in [7, 11) is 0. The maximum atomic E-state index is 5.07. The van der Waals surface area contributed by atoms with Crippen molar-refractivity contribution in [3.05, 3.63) is 0 Å². The van der Waals surface area contributed by atoms with Crippen molar-refractivity contribution in [1.29, 1.82) is 0 Å². The Morgan fingerprint density at radius 3 is 0.636 bits per heavy atom. The lowest BCUT2D eigenvalue weighted by molar-refractivity contribution is 0.0968. The third kappa shape index (κ3) is 147. The molecule has 1 aliphatic carbocycles. The molecular formula is C31H74O2. The highest BCUT2D eigenvalue weighted by Crippen LogP contribution is 2.14. The standard InChI is InChI=1S/C5H10O.C5H12.C4H8O.2C4H10.C3H6.3C2H6/c1-2-4-6-5-3-1;1-4-5(2)3;1-2-4-5-3-1;2*1-4(2)3;1-2-3-1;3*1-2/h1-5H2;5H,4H2,1-3H3;1-4H2;2*4H,1-3H3;1-3H2;3*1-2H3. The van der Waals surface area contributed by atoms with Crippen LogP contribution in [0.4, 0.5) is 0 Å². The smallest absolute Gasteiger partial charge is 0.0466 e. The Bertz CT molecular complexity index is 182. The molecule has 0 atom stereocenters. The van der Waals surface area contributed by atoms with Crippen LogP contribution in [0.5, 0.6) is 0 Å². The number of hydrogen-bond acceptors (Lipinski definition) is 2. The van der Waals surface area contributed by atoms with Gasteiger partial charge in [0.25, 0.3) is 0 Å². The van der Waals surface area contributed by atoms with Crippen molar-refractivity contribution in [1.82, 2.24) is 0 Å². The van der Waals surface area contributed by atoms with Crippen molar-refractivity contribution >= 4 is 0 Å². The molecule has 0 aromatic heterocycles. The molecule has 0 amide bonds. The van der Waals surface area contributed by atoms with E-state index in [2.05, 4.69) is 62.3 Å². The van der Waals surface area contributed by atoms with Crippen LogP contribution in [0.3, 0.4) is 0 Å². The summed E-state index contributed by atoms with van der Waals surface area (Å²) < 4.78 is 10.0. The second kappa shape index (κ2) is 53.3. The molecule has 2 aliphatic heterocycles. The van der Waals surface area contributed by atoms with Gasteiger partial charge in [-0.05, 0) is 49.9 Å². The molecule has 0 aromatic rings. The number of rotatable bonds is 1. The van der Waals surface area contributed by atoms with Gasteiger partial charge in [0.15, 0.2) is 0 Å². The first kappa shape index (κ1) is 46.3. The van der Waals surface area contributed by atoms with E-state index in [4.69, 9.17) is 9.47 Å². The minimum atomic E-state index is 0.833. The maximum absolute atomic E-state index is 5.07. The molecule has 33 heavy (non-hydrogen) atoms. The Kier molecular flexibility index (Phi) is 74.8. The van der Waals surface area contributed by atoms with E-state index >= 15 is 0 Å². The van der Waals surface area contributed by atoms with Gasteiger partial charge in [0.1, 0.15) is 0 Å². The SMILES string of the molecule is C1CC1.C1CCOC1.C1CCOCC1.CC.CC.CC.CC(C)C.CC(C)C.CCC(C)C. The Morgan fingerprint density at radius 2 is 0.576 bits per heavy atom. The van der Waals surface area contributed by atoms with Gasteiger partial charge >= 0.3 is 0 Å². The van der Waals surface area contributed by atoms with Gasteiger partial charge in [0, 0.05) is 26.4 Å². The molecule has 2 heteroatoms. The molecule has 0 spiro atoms. The first-order chi connectivity index (χ1) is 15.7. The highest BCUT2D eigenvalue weighted by molar-refractivity contribution is 4.50. The van der Waals surface area contributed by atoms with Crippen molar-refractivity contribution in [2.24, 2.45) is 17.8 Å². The quantitative estimate of drug-likeness (QED) is 0.373. The Morgan fingerprint density at radius 1 is 0.424 bits per heavy atom. The molecule has 0 bridgehead atoms. The van der Waals surface area contributed by atoms with Crippen LogP contribution in [-0.4, -0.2) is 26.4 Å². The molecule has 2 heterocycles. The predicted octanol–water partition coefficient (Wildman–Crippen LogP) is 11.6. The molecule has 0 aromatic carbocycles. The predicted molar refractivity (Wildman–Crippen MR) is 159 cm³/mol. The van der Waals surface area contributed by atoms with Gasteiger partial charge in [-0.1, -0.05) is 130 Å². The zero-order valence-corrected chi connectivity index (χ0v) is 26.7. The van der Waals surface area contributed by atoms with Crippen molar-refractivity contribution < 1.29 is 9.47 Å². The van der Waals surface area contributed by atoms with E-state index in [1.807, 2.05) is 41.5 Å². The Hall–Kier alpha value is -0.0800. The summed E-state index contributed by atoms with van der Waals surface area (Å²) in [6.45, 7) is 35.6. The molecule has 3 fully saturated rings. The molecule has 3 rings (SSSR count). The van der Waals surface area contributed by atoms with Gasteiger partial charge in [-0.2, -0.15) is 0 Å². The fourth-order valence-corrected chi connectivity index (χ4v) is 1.20. The summed E-state index contributed by atoms with van der Waals surface area (Å²) in [5, 5.41) is 0. The monoisotopic (exact) mass is 479 g/mol. The summed E-state index contributed by atoms with van der Waals surface area (Å²) >= 11 is 0. The molecule has 2 nitrogen and oxygen atoms in total. The fraction of sp³-hybridized carbons (Fsp3) is 1.00. The van der Waals surface area contributed by atoms with Gasteiger partial charge in [0.2, 0.25) is 0 Å². The van der Waals surface area contributed by atoms with E-state index in [0.29, 0.717) is 0 Å². The molecule has 0 N–H and O–H groups in total. The second-order valence-corrected chi connectivity index (χ2v) is 9.32. The van der Waals surface area contributed by atoms with Crippen LogP contribution in [-0.2, 0) is 9.47 Å². The lowest BCUT2D eigenvalue weighted by Crippen LogP contribution is -2.03. The van der Waals surface area contributed by atoms with Crippen LogP contribution in [0.15, 0.2) is 0 Å². The van der Waals surface area contributed by atoms with E-state index in [-0.39, 0.29) is 0 Å². The minimum Gasteiger partial charge on any atom is -0.381 e. The zero-order valence-electron chi connectivity index (χ0n) is 26.7. The van der Waals surface area contributed by atoms with Crippen LogP contribution in [0.1, 0.15) is 162 Å². The average molecular weight is 479 g/mol. The first-order valence-corrected chi connectivity index (χ1v) is 14.9. The summed E-state index contributed by atoms with van der Waals surface area (Å²) in [5.41, 5.74) is 0. The number of ether oxygens (including phenoxy) is 2. The molecule has 210 valence electrons. The molecule has 0 unspecified atom stereocenters. The third-order valence-corrected chi connectivity index (χ3v) is 3.07. The lowest BCUT2D eigenvalue weighted by Gasteiger charge is -2.08. The zero-order chi connectivity index (χ0) is 27.3. The van der Waals surface area contributed by atoms with Crippen LogP contribution < -0.4 is 0 Å². The third-order valence-electron chi connectivity index (χ3n) is 3.07. The van der Waals surface area contributed by atoms with E-state index in [0.717, 1.165) is 44.2 Å². The summed E-state index contributed by atoms with van der Waals surface area (Å²) in [4.78, 5) is 0. The normalized spacial score (nSPS) is 14.4. The van der Waals surface area contributed by atoms with E-state index < -0.39 is 0 Å². The molecule has 1 saturated carbocycles. The largest absolute Gasteiger partial charge is 0.381 e. The van der Waals surface area contributed by atoms with Gasteiger partial charge in [0.05, 0.1) is 0 Å². The van der Waals surface area contributed by atoms with Crippen molar-refractivity contribution in [3.8, 4) is 0 Å². The molecule has 3 aliphatic rings. The van der Waals surface area contributed by atoms with Crippen molar-refractivity contribution in [3.63, 3.8) is 0 Å². The maximum Gasteiger partial charge on any atom is 0.0466 e. The van der Waals surface area contributed by atoms with Crippen LogP contribution in [0, 0.1) is 17.8 Å². The summed E-state index contributed by atoms with van der Waals surface area (Å²) in [6, 6.07) is 0. The molecule has 2 saturated heterocycles. The van der Waals surface area contributed by atoms with E-state index in [1.54, 1.807) is 0 Å². The summed E-state index contributed by atoms with van der Waals surface area (Å²) in [5.74, 6) is 2.55. The van der Waals surface area contributed by atoms with Crippen LogP contribution in [0.25, 0.3) is 0 Å². The highest BCUT2D eigenvalue weighted by Gasteiger charge is 1.95. The molecular weight excluding hydrogens is 404 g/mol. The van der Waals surface area contributed by atoms with E-state index in [9.17, 15) is 0 Å². The fourth-order valence-electron chi connectivity index (χ4n) is 1.20. The van der Waals surface area contributed by atoms with Gasteiger partial charge in [-0.15, -0.1) is 0 Å². The second-order valence-electron chi connectivity index (χ2n) is 9.32. The van der Waals surface area contributed by atoms with Gasteiger partial charge in [-0.25, -0.2) is 0 Å². The van der Waals surface area contributed by atoms with Crippen LogP contribution in [0.2, 0.25) is 0 Å². The highest BCUT2D eigenvalue weighted by atomic mass is 16.5. The van der Waals surface area contributed by atoms with E-state index in [1.165, 1.54) is 57.8 Å². The van der Waals surface area contributed by atoms with Gasteiger partial charge < -0.3 is 9.47 Å². The first-order valence-electron chi connectivity index (χ1n) is 14.9.